The molecule has 6 nitrogen and oxygen atoms in total. The molecule has 2 N–H and O–H groups in total. The smallest absolute Gasteiger partial charge is 0.274 e. The minimum atomic E-state index is -0.431. The first-order valence-electron chi connectivity index (χ1n) is 7.46. The fraction of sp³-hybridized carbons (Fsp3) is 0.0556. The summed E-state index contributed by atoms with van der Waals surface area (Å²) in [6, 6.07) is 14.5. The van der Waals surface area contributed by atoms with E-state index < -0.39 is 11.7 Å². The second kappa shape index (κ2) is 7.39. The van der Waals surface area contributed by atoms with Crippen LogP contribution in [0.15, 0.2) is 60.8 Å². The second-order valence-corrected chi connectivity index (χ2v) is 5.05. The van der Waals surface area contributed by atoms with E-state index in [1.165, 1.54) is 18.3 Å². The molecular formula is C18H15FN4O2. The van der Waals surface area contributed by atoms with E-state index in [1.54, 1.807) is 49.6 Å². The van der Waals surface area contributed by atoms with Crippen LogP contribution in [0.2, 0.25) is 0 Å². The maximum Gasteiger partial charge on any atom is 0.274 e. The largest absolute Gasteiger partial charge is 0.497 e. The highest BCUT2D eigenvalue weighted by Crippen LogP contribution is 2.18. The molecule has 2 aromatic carbocycles. The summed E-state index contributed by atoms with van der Waals surface area (Å²) >= 11 is 0. The average Bonchev–Trinajstić information content (AvgIpc) is 2.64. The van der Waals surface area contributed by atoms with Crippen molar-refractivity contribution in [2.45, 2.75) is 0 Å². The predicted molar refractivity (Wildman–Crippen MR) is 92.7 cm³/mol. The number of carbonyl (C=O) groups excluding carboxylic acids is 1. The molecule has 1 aromatic heterocycles. The van der Waals surface area contributed by atoms with Crippen molar-refractivity contribution in [3.63, 3.8) is 0 Å². The summed E-state index contributed by atoms with van der Waals surface area (Å²) in [7, 11) is 1.57. The Hall–Kier alpha value is -3.48. The van der Waals surface area contributed by atoms with Gasteiger partial charge in [-0.25, -0.2) is 14.4 Å². The Morgan fingerprint density at radius 1 is 1.08 bits per heavy atom. The van der Waals surface area contributed by atoms with Crippen LogP contribution in [0.4, 0.5) is 21.7 Å². The number of benzene rings is 2. The van der Waals surface area contributed by atoms with E-state index in [9.17, 15) is 9.18 Å². The molecule has 1 amide bonds. The van der Waals surface area contributed by atoms with Crippen LogP contribution >= 0.6 is 0 Å². The summed E-state index contributed by atoms with van der Waals surface area (Å²) in [6.45, 7) is 0. The van der Waals surface area contributed by atoms with Crippen molar-refractivity contribution in [1.29, 1.82) is 0 Å². The third kappa shape index (κ3) is 4.08. The summed E-state index contributed by atoms with van der Waals surface area (Å²) in [5, 5.41) is 5.48. The number of hydrogen-bond donors (Lipinski definition) is 2. The van der Waals surface area contributed by atoms with Gasteiger partial charge in [0.1, 0.15) is 17.3 Å². The molecule has 25 heavy (non-hydrogen) atoms. The molecule has 0 atom stereocenters. The van der Waals surface area contributed by atoms with Gasteiger partial charge in [-0.15, -0.1) is 0 Å². The first kappa shape index (κ1) is 16.4. The lowest BCUT2D eigenvalue weighted by Gasteiger charge is -2.08. The molecule has 0 bridgehead atoms. The van der Waals surface area contributed by atoms with Gasteiger partial charge in [-0.3, -0.25) is 4.79 Å². The van der Waals surface area contributed by atoms with Crippen LogP contribution in [0.5, 0.6) is 5.75 Å². The summed E-state index contributed by atoms with van der Waals surface area (Å²) in [6.07, 6.45) is 1.43. The monoisotopic (exact) mass is 338 g/mol. The Kier molecular flexibility index (Phi) is 4.84. The van der Waals surface area contributed by atoms with E-state index in [0.29, 0.717) is 11.4 Å². The van der Waals surface area contributed by atoms with Crippen molar-refractivity contribution in [3.05, 3.63) is 72.3 Å². The molecule has 0 saturated carbocycles. The Labute approximate surface area is 143 Å². The zero-order valence-electron chi connectivity index (χ0n) is 13.4. The van der Waals surface area contributed by atoms with Crippen LogP contribution in [0, 0.1) is 5.82 Å². The van der Waals surface area contributed by atoms with Gasteiger partial charge >= 0.3 is 0 Å². The van der Waals surface area contributed by atoms with Crippen molar-refractivity contribution >= 4 is 23.2 Å². The van der Waals surface area contributed by atoms with Crippen molar-refractivity contribution in [1.82, 2.24) is 9.97 Å². The van der Waals surface area contributed by atoms with Gasteiger partial charge in [-0.2, -0.15) is 0 Å². The molecule has 0 saturated heterocycles. The molecule has 126 valence electrons. The number of nitrogens with one attached hydrogen (secondary N) is 2. The van der Waals surface area contributed by atoms with Crippen LogP contribution in [0.1, 0.15) is 10.5 Å². The minimum absolute atomic E-state index is 0.132. The Morgan fingerprint density at radius 3 is 2.56 bits per heavy atom. The Morgan fingerprint density at radius 2 is 1.84 bits per heavy atom. The molecule has 3 aromatic rings. The van der Waals surface area contributed by atoms with Gasteiger partial charge in [0.05, 0.1) is 12.8 Å². The number of nitrogens with zero attached hydrogens (tertiary/aromatic N) is 2. The van der Waals surface area contributed by atoms with E-state index in [4.69, 9.17) is 4.74 Å². The van der Waals surface area contributed by atoms with Crippen molar-refractivity contribution < 1.29 is 13.9 Å². The van der Waals surface area contributed by atoms with Crippen molar-refractivity contribution in [2.24, 2.45) is 0 Å². The second-order valence-electron chi connectivity index (χ2n) is 5.05. The maximum atomic E-state index is 13.7. The fourth-order valence-electron chi connectivity index (χ4n) is 2.10. The molecular weight excluding hydrogens is 323 g/mol. The molecule has 0 aliphatic carbocycles. The summed E-state index contributed by atoms with van der Waals surface area (Å²) < 4.78 is 18.7. The number of amides is 1. The molecule has 0 fully saturated rings. The van der Waals surface area contributed by atoms with Gasteiger partial charge in [-0.1, -0.05) is 12.1 Å². The van der Waals surface area contributed by atoms with E-state index in [2.05, 4.69) is 20.6 Å². The number of ether oxygens (including phenoxy) is 1. The number of rotatable bonds is 5. The topological polar surface area (TPSA) is 76.1 Å². The number of aromatic nitrogens is 2. The molecule has 0 radical (unpaired) electrons. The van der Waals surface area contributed by atoms with E-state index >= 15 is 0 Å². The van der Waals surface area contributed by atoms with Crippen molar-refractivity contribution in [3.8, 4) is 5.75 Å². The number of anilines is 3. The van der Waals surface area contributed by atoms with Gasteiger partial charge in [0.2, 0.25) is 5.95 Å². The highest BCUT2D eigenvalue weighted by molar-refractivity contribution is 6.03. The Balaban J connectivity index is 1.74. The number of para-hydroxylation sites is 1. The first-order chi connectivity index (χ1) is 12.2. The number of carbonyl (C=O) groups is 1. The van der Waals surface area contributed by atoms with Gasteiger partial charge < -0.3 is 15.4 Å². The quantitative estimate of drug-likeness (QED) is 0.743. The van der Waals surface area contributed by atoms with Crippen LogP contribution in [0.25, 0.3) is 0 Å². The first-order valence-corrected chi connectivity index (χ1v) is 7.46. The normalized spacial score (nSPS) is 10.2. The van der Waals surface area contributed by atoms with Gasteiger partial charge in [0, 0.05) is 11.9 Å². The molecule has 1 heterocycles. The molecule has 0 unspecified atom stereocenters. The summed E-state index contributed by atoms with van der Waals surface area (Å²) in [5.41, 5.74) is 0.993. The fourth-order valence-corrected chi connectivity index (χ4v) is 2.10. The van der Waals surface area contributed by atoms with E-state index in [1.807, 2.05) is 0 Å². The molecule has 3 rings (SSSR count). The minimum Gasteiger partial charge on any atom is -0.497 e. The van der Waals surface area contributed by atoms with Crippen LogP contribution in [0.3, 0.4) is 0 Å². The summed E-state index contributed by atoms with van der Waals surface area (Å²) in [4.78, 5) is 20.4. The highest BCUT2D eigenvalue weighted by Gasteiger charge is 2.10. The summed E-state index contributed by atoms with van der Waals surface area (Å²) in [5.74, 6) is -0.00720. The molecule has 0 aliphatic rings. The molecule has 0 aliphatic heterocycles. The Bertz CT molecular complexity index is 884. The third-order valence-electron chi connectivity index (χ3n) is 3.36. The van der Waals surface area contributed by atoms with Crippen LogP contribution in [-0.2, 0) is 0 Å². The van der Waals surface area contributed by atoms with Crippen LogP contribution < -0.4 is 15.4 Å². The predicted octanol–water partition coefficient (Wildman–Crippen LogP) is 3.62. The van der Waals surface area contributed by atoms with Crippen LogP contribution in [-0.4, -0.2) is 23.0 Å². The lowest BCUT2D eigenvalue weighted by molar-refractivity contribution is 0.102. The van der Waals surface area contributed by atoms with E-state index in [-0.39, 0.29) is 17.3 Å². The van der Waals surface area contributed by atoms with Gasteiger partial charge in [0.25, 0.3) is 5.91 Å². The average molecular weight is 338 g/mol. The lowest BCUT2D eigenvalue weighted by atomic mass is 10.3. The highest BCUT2D eigenvalue weighted by atomic mass is 19.1. The van der Waals surface area contributed by atoms with E-state index in [0.717, 1.165) is 0 Å². The van der Waals surface area contributed by atoms with Crippen molar-refractivity contribution in [2.75, 3.05) is 17.7 Å². The zero-order chi connectivity index (χ0) is 17.6. The lowest BCUT2D eigenvalue weighted by Crippen LogP contribution is -2.14. The molecule has 7 heteroatoms. The number of hydrogen-bond acceptors (Lipinski definition) is 5. The third-order valence-corrected chi connectivity index (χ3v) is 3.36. The molecule has 0 spiro atoms. The standard InChI is InChI=1S/C18H15FN4O2/c1-25-13-8-6-12(7-9-13)21-17(24)16-10-11-20-18(23-16)22-15-5-3-2-4-14(15)19/h2-11H,1H3,(H,21,24)(H,20,22,23). The number of methoxy groups -OCH3 is 1. The maximum absolute atomic E-state index is 13.7. The van der Waals surface area contributed by atoms with Gasteiger partial charge in [-0.05, 0) is 42.5 Å². The number of halogens is 1. The zero-order valence-corrected chi connectivity index (χ0v) is 13.4. The SMILES string of the molecule is COc1ccc(NC(=O)c2ccnc(Nc3ccccc3F)n2)cc1. The van der Waals surface area contributed by atoms with Gasteiger partial charge in [0.15, 0.2) is 0 Å².